The fourth-order valence-electron chi connectivity index (χ4n) is 2.96. The highest BCUT2D eigenvalue weighted by Crippen LogP contribution is 2.22. The van der Waals surface area contributed by atoms with Gasteiger partial charge in [-0.25, -0.2) is 4.98 Å². The summed E-state index contributed by atoms with van der Waals surface area (Å²) in [6.45, 7) is 0.433. The summed E-state index contributed by atoms with van der Waals surface area (Å²) in [4.78, 5) is 22.8. The molecule has 0 aliphatic rings. The molecule has 3 heterocycles. The number of hydrogen-bond acceptors (Lipinski definition) is 5. The monoisotopic (exact) mass is 384 g/mol. The molecular formula is C23H20N4O2. The van der Waals surface area contributed by atoms with Crippen LogP contribution in [0, 0.1) is 0 Å². The fourth-order valence-corrected chi connectivity index (χ4v) is 2.96. The molecule has 4 rings (SSSR count). The van der Waals surface area contributed by atoms with E-state index in [-0.39, 0.29) is 5.91 Å². The van der Waals surface area contributed by atoms with E-state index < -0.39 is 0 Å². The molecule has 0 aliphatic heterocycles. The average molecular weight is 384 g/mol. The van der Waals surface area contributed by atoms with Crippen LogP contribution < -0.4 is 5.32 Å². The van der Waals surface area contributed by atoms with Gasteiger partial charge in [-0.2, -0.15) is 0 Å². The third kappa shape index (κ3) is 4.50. The van der Waals surface area contributed by atoms with E-state index in [1.807, 2.05) is 60.7 Å². The van der Waals surface area contributed by atoms with E-state index in [1.165, 1.54) is 0 Å². The van der Waals surface area contributed by atoms with Crippen molar-refractivity contribution in [3.8, 4) is 11.1 Å². The van der Waals surface area contributed by atoms with Crippen molar-refractivity contribution in [2.75, 3.05) is 12.4 Å². The van der Waals surface area contributed by atoms with E-state index >= 15 is 0 Å². The van der Waals surface area contributed by atoms with Crippen LogP contribution in [0.3, 0.4) is 0 Å². The van der Waals surface area contributed by atoms with Crippen molar-refractivity contribution in [1.82, 2.24) is 14.9 Å². The van der Waals surface area contributed by atoms with Gasteiger partial charge in [-0.05, 0) is 54.1 Å². The highest BCUT2D eigenvalue weighted by atomic mass is 16.3. The molecular weight excluding hydrogens is 364 g/mol. The predicted molar refractivity (Wildman–Crippen MR) is 112 cm³/mol. The van der Waals surface area contributed by atoms with Crippen molar-refractivity contribution >= 4 is 17.4 Å². The molecule has 4 aromatic rings. The third-order valence-corrected chi connectivity index (χ3v) is 4.48. The Morgan fingerprint density at radius 1 is 1.00 bits per heavy atom. The summed E-state index contributed by atoms with van der Waals surface area (Å²) in [6.07, 6.45) is 6.88. The van der Waals surface area contributed by atoms with E-state index in [0.717, 1.165) is 28.4 Å². The fraction of sp³-hybridized carbons (Fsp3) is 0.0870. The maximum atomic E-state index is 12.6. The molecule has 0 unspecified atom stereocenters. The Bertz CT molecular complexity index is 1060. The number of rotatable bonds is 6. The van der Waals surface area contributed by atoms with Crippen LogP contribution in [0.15, 0.2) is 89.9 Å². The summed E-state index contributed by atoms with van der Waals surface area (Å²) in [6, 6.07) is 18.9. The van der Waals surface area contributed by atoms with E-state index in [9.17, 15) is 4.79 Å². The zero-order valence-corrected chi connectivity index (χ0v) is 15.9. The number of benzene rings is 1. The van der Waals surface area contributed by atoms with Gasteiger partial charge in [0.25, 0.3) is 5.91 Å². The average Bonchev–Trinajstić information content (AvgIpc) is 3.28. The first kappa shape index (κ1) is 18.4. The lowest BCUT2D eigenvalue weighted by Crippen LogP contribution is -2.25. The summed E-state index contributed by atoms with van der Waals surface area (Å²) in [5, 5.41) is 3.21. The summed E-state index contributed by atoms with van der Waals surface area (Å²) in [5.74, 6) is 1.44. The lowest BCUT2D eigenvalue weighted by molar-refractivity contribution is 0.0775. The number of carbonyl (C=O) groups is 1. The minimum Gasteiger partial charge on any atom is -0.467 e. The van der Waals surface area contributed by atoms with Crippen LogP contribution in [0.1, 0.15) is 16.1 Å². The Morgan fingerprint density at radius 3 is 2.48 bits per heavy atom. The quantitative estimate of drug-likeness (QED) is 0.519. The Kier molecular flexibility index (Phi) is 5.33. The second-order valence-electron chi connectivity index (χ2n) is 6.62. The molecule has 1 N–H and O–H groups in total. The van der Waals surface area contributed by atoms with Crippen LogP contribution >= 0.6 is 0 Å². The van der Waals surface area contributed by atoms with Gasteiger partial charge in [0.1, 0.15) is 11.6 Å². The van der Waals surface area contributed by atoms with Crippen LogP contribution in [-0.2, 0) is 6.54 Å². The molecule has 0 radical (unpaired) electrons. The van der Waals surface area contributed by atoms with Gasteiger partial charge in [0.2, 0.25) is 0 Å². The highest BCUT2D eigenvalue weighted by molar-refractivity contribution is 5.94. The van der Waals surface area contributed by atoms with Crippen LogP contribution in [0.5, 0.6) is 0 Å². The Hall–Kier alpha value is -3.93. The number of furan rings is 1. The van der Waals surface area contributed by atoms with Crippen LogP contribution in [0.4, 0.5) is 11.5 Å². The summed E-state index contributed by atoms with van der Waals surface area (Å²) >= 11 is 0. The van der Waals surface area contributed by atoms with Crippen molar-refractivity contribution in [3.63, 3.8) is 0 Å². The molecule has 0 atom stereocenters. The van der Waals surface area contributed by atoms with Crippen LogP contribution in [0.2, 0.25) is 0 Å². The number of nitrogens with one attached hydrogen (secondary N) is 1. The highest BCUT2D eigenvalue weighted by Gasteiger charge is 2.13. The van der Waals surface area contributed by atoms with Crippen molar-refractivity contribution in [2.45, 2.75) is 6.54 Å². The van der Waals surface area contributed by atoms with Crippen molar-refractivity contribution in [1.29, 1.82) is 0 Å². The normalized spacial score (nSPS) is 10.5. The number of amides is 1. The Balaban J connectivity index is 1.42. The first-order valence-electron chi connectivity index (χ1n) is 9.20. The molecule has 0 spiro atoms. The molecule has 3 aromatic heterocycles. The minimum absolute atomic E-state index is 0.0536. The second-order valence-corrected chi connectivity index (χ2v) is 6.62. The third-order valence-electron chi connectivity index (χ3n) is 4.48. The van der Waals surface area contributed by atoms with Gasteiger partial charge in [-0.3, -0.25) is 9.78 Å². The van der Waals surface area contributed by atoms with E-state index in [0.29, 0.717) is 12.1 Å². The van der Waals surface area contributed by atoms with Gasteiger partial charge >= 0.3 is 0 Å². The molecule has 1 amide bonds. The first-order valence-corrected chi connectivity index (χ1v) is 9.20. The number of nitrogens with zero attached hydrogens (tertiary/aromatic N) is 3. The SMILES string of the molecule is CN(Cc1ccco1)C(=O)c1ccc(-c2ccc(Nc3cccnc3)nc2)cc1. The second kappa shape index (κ2) is 8.39. The Labute approximate surface area is 168 Å². The zero-order chi connectivity index (χ0) is 20.1. The topological polar surface area (TPSA) is 71.3 Å². The largest absolute Gasteiger partial charge is 0.467 e. The maximum absolute atomic E-state index is 12.6. The Morgan fingerprint density at radius 2 is 1.83 bits per heavy atom. The summed E-state index contributed by atoms with van der Waals surface area (Å²) in [7, 11) is 1.76. The van der Waals surface area contributed by atoms with Gasteiger partial charge in [-0.1, -0.05) is 12.1 Å². The van der Waals surface area contributed by atoms with Crippen molar-refractivity contribution < 1.29 is 9.21 Å². The van der Waals surface area contributed by atoms with E-state index in [2.05, 4.69) is 15.3 Å². The number of hydrogen-bond donors (Lipinski definition) is 1. The van der Waals surface area contributed by atoms with Gasteiger partial charge in [0, 0.05) is 30.6 Å². The lowest BCUT2D eigenvalue weighted by atomic mass is 10.1. The van der Waals surface area contributed by atoms with E-state index in [1.54, 1.807) is 36.8 Å². The first-order chi connectivity index (χ1) is 14.2. The van der Waals surface area contributed by atoms with Crippen LogP contribution in [0.25, 0.3) is 11.1 Å². The predicted octanol–water partition coefficient (Wildman–Crippen LogP) is 4.75. The maximum Gasteiger partial charge on any atom is 0.254 e. The molecule has 6 nitrogen and oxygen atoms in total. The number of anilines is 2. The van der Waals surface area contributed by atoms with Gasteiger partial charge in [0.15, 0.2) is 0 Å². The molecule has 1 aromatic carbocycles. The minimum atomic E-state index is -0.0536. The molecule has 0 fully saturated rings. The summed E-state index contributed by atoms with van der Waals surface area (Å²) in [5.41, 5.74) is 3.49. The molecule has 29 heavy (non-hydrogen) atoms. The number of pyridine rings is 2. The summed E-state index contributed by atoms with van der Waals surface area (Å²) < 4.78 is 5.30. The van der Waals surface area contributed by atoms with Crippen molar-refractivity contribution in [2.24, 2.45) is 0 Å². The number of aromatic nitrogens is 2. The van der Waals surface area contributed by atoms with Gasteiger partial charge in [-0.15, -0.1) is 0 Å². The lowest BCUT2D eigenvalue weighted by Gasteiger charge is -2.16. The molecule has 6 heteroatoms. The molecule has 0 saturated heterocycles. The molecule has 0 aliphatic carbocycles. The van der Waals surface area contributed by atoms with Crippen molar-refractivity contribution in [3.05, 3.63) is 96.8 Å². The standard InChI is InChI=1S/C23H20N4O2/c1-27(16-21-5-3-13-29-21)23(28)18-8-6-17(7-9-18)19-10-11-22(25-14-19)26-20-4-2-12-24-15-20/h2-15H,16H2,1H3,(H,25,26). The zero-order valence-electron chi connectivity index (χ0n) is 15.9. The molecule has 0 saturated carbocycles. The van der Waals surface area contributed by atoms with Crippen LogP contribution in [-0.4, -0.2) is 27.8 Å². The van der Waals surface area contributed by atoms with E-state index in [4.69, 9.17) is 4.42 Å². The van der Waals surface area contributed by atoms with Gasteiger partial charge < -0.3 is 14.6 Å². The smallest absolute Gasteiger partial charge is 0.254 e. The molecule has 0 bridgehead atoms. The number of carbonyl (C=O) groups excluding carboxylic acids is 1. The van der Waals surface area contributed by atoms with Gasteiger partial charge in [0.05, 0.1) is 24.7 Å². The molecule has 144 valence electrons.